The van der Waals surface area contributed by atoms with Gasteiger partial charge in [-0.3, -0.25) is 0 Å². The Labute approximate surface area is 147 Å². The first-order valence-electron chi connectivity index (χ1n) is 8.59. The average Bonchev–Trinajstić information content (AvgIpc) is 3.09. The molecule has 0 radical (unpaired) electrons. The first-order valence-corrected chi connectivity index (χ1v) is 8.59. The molecule has 1 unspecified atom stereocenters. The molecule has 2 aromatic rings. The molecule has 7 heteroatoms. The second-order valence-corrected chi connectivity index (χ2v) is 6.19. The summed E-state index contributed by atoms with van der Waals surface area (Å²) < 4.78 is 5.23. The first kappa shape index (κ1) is 18.9. The van der Waals surface area contributed by atoms with Crippen LogP contribution in [0.1, 0.15) is 56.9 Å². The van der Waals surface area contributed by atoms with Crippen molar-refractivity contribution in [3.8, 4) is 0 Å². The second kappa shape index (κ2) is 8.62. The Balaban J connectivity index is 1.86. The van der Waals surface area contributed by atoms with E-state index in [2.05, 4.69) is 20.8 Å². The molecule has 2 amide bonds. The minimum atomic E-state index is -0.881. The predicted molar refractivity (Wildman–Crippen MR) is 94.0 cm³/mol. The molecule has 1 heterocycles. The summed E-state index contributed by atoms with van der Waals surface area (Å²) in [5, 5.41) is 19.6. The number of carbonyl (C=O) groups excluding carboxylic acids is 1. The van der Waals surface area contributed by atoms with Gasteiger partial charge in [0.2, 0.25) is 5.89 Å². The lowest BCUT2D eigenvalue weighted by Gasteiger charge is -2.25. The molecule has 25 heavy (non-hydrogen) atoms. The van der Waals surface area contributed by atoms with Gasteiger partial charge in [0.15, 0.2) is 5.82 Å². The zero-order chi connectivity index (χ0) is 18.3. The van der Waals surface area contributed by atoms with Gasteiger partial charge in [-0.1, -0.05) is 49.3 Å². The molecular weight excluding hydrogens is 320 g/mol. The van der Waals surface area contributed by atoms with Gasteiger partial charge in [0.25, 0.3) is 0 Å². The number of nitrogens with one attached hydrogen (secondary N) is 2. The van der Waals surface area contributed by atoms with Crippen LogP contribution >= 0.6 is 0 Å². The van der Waals surface area contributed by atoms with E-state index >= 15 is 0 Å². The SMILES string of the molecule is CCC(O)(CC)CNC(=O)NC(C)c1nc(Cc2ccccc2)no1. The normalized spacial score (nSPS) is 12.6. The van der Waals surface area contributed by atoms with Gasteiger partial charge in [-0.2, -0.15) is 4.98 Å². The summed E-state index contributed by atoms with van der Waals surface area (Å²) in [7, 11) is 0. The van der Waals surface area contributed by atoms with Crippen LogP contribution in [0.2, 0.25) is 0 Å². The highest BCUT2D eigenvalue weighted by Crippen LogP contribution is 2.14. The summed E-state index contributed by atoms with van der Waals surface area (Å²) in [6.45, 7) is 5.74. The van der Waals surface area contributed by atoms with E-state index in [4.69, 9.17) is 4.52 Å². The number of amides is 2. The number of rotatable bonds is 8. The van der Waals surface area contributed by atoms with Crippen LogP contribution in [0.15, 0.2) is 34.9 Å². The second-order valence-electron chi connectivity index (χ2n) is 6.19. The van der Waals surface area contributed by atoms with Gasteiger partial charge in [0, 0.05) is 13.0 Å². The van der Waals surface area contributed by atoms with Crippen LogP contribution in [0.25, 0.3) is 0 Å². The third kappa shape index (κ3) is 5.56. The van der Waals surface area contributed by atoms with E-state index in [-0.39, 0.29) is 12.6 Å². The zero-order valence-electron chi connectivity index (χ0n) is 15.0. The van der Waals surface area contributed by atoms with Gasteiger partial charge in [-0.15, -0.1) is 0 Å². The van der Waals surface area contributed by atoms with Crippen molar-refractivity contribution in [3.63, 3.8) is 0 Å². The third-order valence-electron chi connectivity index (χ3n) is 4.30. The number of carbonyl (C=O) groups is 1. The molecule has 1 aromatic carbocycles. The summed E-state index contributed by atoms with van der Waals surface area (Å²) >= 11 is 0. The summed E-state index contributed by atoms with van der Waals surface area (Å²) in [5.41, 5.74) is 0.208. The predicted octanol–water partition coefficient (Wildman–Crippen LogP) is 2.57. The fraction of sp³-hybridized carbons (Fsp3) is 0.500. The number of benzene rings is 1. The van der Waals surface area contributed by atoms with Gasteiger partial charge < -0.3 is 20.3 Å². The largest absolute Gasteiger partial charge is 0.388 e. The molecule has 1 atom stereocenters. The van der Waals surface area contributed by atoms with Crippen LogP contribution in [0.3, 0.4) is 0 Å². The number of aliphatic hydroxyl groups is 1. The highest BCUT2D eigenvalue weighted by atomic mass is 16.5. The third-order valence-corrected chi connectivity index (χ3v) is 4.30. The van der Waals surface area contributed by atoms with Crippen molar-refractivity contribution in [2.45, 2.75) is 51.7 Å². The Hall–Kier alpha value is -2.41. The molecule has 0 aliphatic heterocycles. The van der Waals surface area contributed by atoms with E-state index in [1.807, 2.05) is 44.2 Å². The van der Waals surface area contributed by atoms with Crippen LogP contribution in [0, 0.1) is 0 Å². The summed E-state index contributed by atoms with van der Waals surface area (Å²) in [6.07, 6.45) is 1.72. The quantitative estimate of drug-likeness (QED) is 0.682. The fourth-order valence-electron chi connectivity index (χ4n) is 2.35. The molecule has 0 aliphatic carbocycles. The van der Waals surface area contributed by atoms with E-state index in [0.29, 0.717) is 31.0 Å². The molecule has 2 rings (SSSR count). The number of urea groups is 1. The number of hydrogen-bond acceptors (Lipinski definition) is 5. The Kier molecular flexibility index (Phi) is 6.52. The van der Waals surface area contributed by atoms with Crippen LogP contribution < -0.4 is 10.6 Å². The standard InChI is InChI=1S/C18H26N4O3/c1-4-18(24,5-2)12-19-17(23)20-13(3)16-21-15(22-25-16)11-14-9-7-6-8-10-14/h6-10,13,24H,4-5,11-12H2,1-3H3,(H2,19,20,23). The average molecular weight is 346 g/mol. The fourth-order valence-corrected chi connectivity index (χ4v) is 2.35. The van der Waals surface area contributed by atoms with Crippen molar-refractivity contribution < 1.29 is 14.4 Å². The number of aromatic nitrogens is 2. The Bertz CT molecular complexity index is 668. The molecule has 3 N–H and O–H groups in total. The maximum atomic E-state index is 12.0. The topological polar surface area (TPSA) is 100 Å². The molecule has 0 spiro atoms. The summed E-state index contributed by atoms with van der Waals surface area (Å²) in [4.78, 5) is 16.3. The van der Waals surface area contributed by atoms with Crippen molar-refractivity contribution in [1.29, 1.82) is 0 Å². The van der Waals surface area contributed by atoms with E-state index in [1.165, 1.54) is 0 Å². The molecule has 0 fully saturated rings. The monoisotopic (exact) mass is 346 g/mol. The van der Waals surface area contributed by atoms with Crippen molar-refractivity contribution in [3.05, 3.63) is 47.6 Å². The van der Waals surface area contributed by atoms with E-state index in [0.717, 1.165) is 5.56 Å². The Morgan fingerprint density at radius 3 is 2.60 bits per heavy atom. The zero-order valence-corrected chi connectivity index (χ0v) is 15.0. The summed E-state index contributed by atoms with van der Waals surface area (Å²) in [5.74, 6) is 0.920. The van der Waals surface area contributed by atoms with Crippen LogP contribution in [0.4, 0.5) is 4.79 Å². The smallest absolute Gasteiger partial charge is 0.315 e. The first-order chi connectivity index (χ1) is 12.0. The van der Waals surface area contributed by atoms with Crippen LogP contribution in [-0.2, 0) is 6.42 Å². The maximum Gasteiger partial charge on any atom is 0.315 e. The van der Waals surface area contributed by atoms with Crippen molar-refractivity contribution in [2.75, 3.05) is 6.54 Å². The van der Waals surface area contributed by atoms with E-state index < -0.39 is 11.6 Å². The van der Waals surface area contributed by atoms with Gasteiger partial charge in [-0.05, 0) is 25.3 Å². The molecule has 7 nitrogen and oxygen atoms in total. The van der Waals surface area contributed by atoms with Crippen LogP contribution in [-0.4, -0.2) is 33.4 Å². The summed E-state index contributed by atoms with van der Waals surface area (Å²) in [6, 6.07) is 9.05. The minimum absolute atomic E-state index is 0.196. The Morgan fingerprint density at radius 2 is 1.96 bits per heavy atom. The molecule has 0 saturated heterocycles. The highest BCUT2D eigenvalue weighted by Gasteiger charge is 2.23. The van der Waals surface area contributed by atoms with Crippen LogP contribution in [0.5, 0.6) is 0 Å². The van der Waals surface area contributed by atoms with Gasteiger partial charge in [-0.25, -0.2) is 4.79 Å². The highest BCUT2D eigenvalue weighted by molar-refractivity contribution is 5.74. The number of nitrogens with zero attached hydrogens (tertiary/aromatic N) is 2. The lowest BCUT2D eigenvalue weighted by atomic mass is 9.98. The van der Waals surface area contributed by atoms with Crippen molar-refractivity contribution in [2.24, 2.45) is 0 Å². The van der Waals surface area contributed by atoms with Gasteiger partial charge in [0.05, 0.1) is 5.60 Å². The molecule has 0 saturated carbocycles. The lowest BCUT2D eigenvalue weighted by Crippen LogP contribution is -2.46. The molecule has 1 aromatic heterocycles. The Morgan fingerprint density at radius 1 is 1.28 bits per heavy atom. The van der Waals surface area contributed by atoms with Gasteiger partial charge in [0.1, 0.15) is 6.04 Å². The van der Waals surface area contributed by atoms with Crippen molar-refractivity contribution in [1.82, 2.24) is 20.8 Å². The van der Waals surface area contributed by atoms with E-state index in [9.17, 15) is 9.90 Å². The minimum Gasteiger partial charge on any atom is -0.388 e. The van der Waals surface area contributed by atoms with Crippen molar-refractivity contribution >= 4 is 6.03 Å². The molecule has 136 valence electrons. The number of hydrogen-bond donors (Lipinski definition) is 3. The van der Waals surface area contributed by atoms with E-state index in [1.54, 1.807) is 6.92 Å². The molecular formula is C18H26N4O3. The van der Waals surface area contributed by atoms with Gasteiger partial charge >= 0.3 is 6.03 Å². The maximum absolute atomic E-state index is 12.0. The molecule has 0 bridgehead atoms. The molecule has 0 aliphatic rings. The lowest BCUT2D eigenvalue weighted by molar-refractivity contribution is 0.0348.